The van der Waals surface area contributed by atoms with Crippen molar-refractivity contribution < 1.29 is 32.7 Å². The average molecular weight is 518 g/mol. The lowest BCUT2D eigenvalue weighted by Crippen LogP contribution is -2.50. The second-order valence-electron chi connectivity index (χ2n) is 10.2. The lowest BCUT2D eigenvalue weighted by atomic mass is 9.75. The van der Waals surface area contributed by atoms with Crippen molar-refractivity contribution in [2.24, 2.45) is 5.41 Å². The van der Waals surface area contributed by atoms with Gasteiger partial charge in [-0.05, 0) is 19.8 Å². The highest BCUT2D eigenvalue weighted by molar-refractivity contribution is 5.99. The van der Waals surface area contributed by atoms with Crippen molar-refractivity contribution in [3.05, 3.63) is 62.8 Å². The lowest BCUT2D eigenvalue weighted by Gasteiger charge is -2.43. The van der Waals surface area contributed by atoms with Crippen LogP contribution in [-0.2, 0) is 11.3 Å². The van der Waals surface area contributed by atoms with E-state index in [9.17, 15) is 37.5 Å². The van der Waals surface area contributed by atoms with Crippen LogP contribution >= 0.6 is 0 Å². The van der Waals surface area contributed by atoms with Gasteiger partial charge < -0.3 is 24.8 Å². The fraction of sp³-hybridized carbons (Fsp3) is 0.440. The summed E-state index contributed by atoms with van der Waals surface area (Å²) in [6.07, 6.45) is 2.60. The van der Waals surface area contributed by atoms with Crippen molar-refractivity contribution >= 4 is 17.7 Å². The van der Waals surface area contributed by atoms with Crippen molar-refractivity contribution in [3.63, 3.8) is 0 Å². The number of hydrogen-bond donors (Lipinski definition) is 2. The molecule has 9 nitrogen and oxygen atoms in total. The van der Waals surface area contributed by atoms with E-state index >= 15 is 0 Å². The molecule has 0 radical (unpaired) electrons. The number of pyridine rings is 1. The zero-order valence-electron chi connectivity index (χ0n) is 20.2. The van der Waals surface area contributed by atoms with E-state index < -0.39 is 69.6 Å². The normalized spacial score (nSPS) is 24.9. The number of benzene rings is 1. The number of likely N-dealkylation sites (tertiary alicyclic amines) is 1. The average Bonchev–Trinajstić information content (AvgIpc) is 3.05. The number of aromatic hydroxyl groups is 1. The van der Waals surface area contributed by atoms with E-state index in [1.807, 2.05) is 6.92 Å². The molecule has 1 spiro atoms. The quantitative estimate of drug-likeness (QED) is 0.645. The molecule has 1 aromatic carbocycles. The molecule has 2 fully saturated rings. The van der Waals surface area contributed by atoms with Crippen LogP contribution in [0.5, 0.6) is 5.75 Å². The number of rotatable bonds is 3. The standard InChI is InChI=1S/C25H25F3N4O5/c1-12-3-4-25(7-19(33)30(2)11-25)18-10-31(12)24(37)20-22(35)21(34)15(9-32(18)20)23(36)29-8-14-16(27)5-13(26)6-17(14)28/h5-6,9,12,18,35H,3-4,7-8,10-11H2,1-2H3,(H,29,36)/t12-,18+,25-/m0/s1. The number of fused-ring (bicyclic) bond motifs is 5. The number of carbonyl (C=O) groups is 3. The second kappa shape index (κ2) is 8.63. The number of hydrogen-bond acceptors (Lipinski definition) is 5. The fourth-order valence-electron chi connectivity index (χ4n) is 5.87. The summed E-state index contributed by atoms with van der Waals surface area (Å²) in [5, 5.41) is 13.0. The highest BCUT2D eigenvalue weighted by Crippen LogP contribution is 2.50. The minimum absolute atomic E-state index is 0.0638. The van der Waals surface area contributed by atoms with E-state index in [1.54, 1.807) is 16.8 Å². The van der Waals surface area contributed by atoms with Crippen LogP contribution in [0.4, 0.5) is 13.2 Å². The summed E-state index contributed by atoms with van der Waals surface area (Å²) >= 11 is 0. The summed E-state index contributed by atoms with van der Waals surface area (Å²) in [5.41, 5.74) is -3.11. The summed E-state index contributed by atoms with van der Waals surface area (Å²) in [4.78, 5) is 55.0. The molecule has 2 saturated heterocycles. The van der Waals surface area contributed by atoms with E-state index in [4.69, 9.17) is 0 Å². The molecule has 3 atom stereocenters. The van der Waals surface area contributed by atoms with E-state index in [1.165, 1.54) is 10.8 Å². The van der Waals surface area contributed by atoms with Crippen molar-refractivity contribution in [2.45, 2.75) is 44.8 Å². The maximum Gasteiger partial charge on any atom is 0.274 e. The van der Waals surface area contributed by atoms with E-state index in [2.05, 4.69) is 5.32 Å². The van der Waals surface area contributed by atoms with Crippen LogP contribution in [-0.4, -0.2) is 63.4 Å². The topological polar surface area (TPSA) is 112 Å². The zero-order valence-corrected chi connectivity index (χ0v) is 20.2. The summed E-state index contributed by atoms with van der Waals surface area (Å²) < 4.78 is 42.6. The van der Waals surface area contributed by atoms with Crippen LogP contribution in [0, 0.1) is 22.9 Å². The highest BCUT2D eigenvalue weighted by atomic mass is 19.1. The zero-order chi connectivity index (χ0) is 26.8. The third-order valence-corrected chi connectivity index (χ3v) is 7.94. The third kappa shape index (κ3) is 3.85. The smallest absolute Gasteiger partial charge is 0.274 e. The number of aromatic nitrogens is 1. The summed E-state index contributed by atoms with van der Waals surface area (Å²) in [6, 6.07) is 0.230. The SMILES string of the molecule is C[C@H]1CC[C@@]2(CC(=O)N(C)C2)[C@H]2CN1C(=O)c1c(O)c(=O)c(C(=O)NCc3c(F)cc(F)cc3F)cn12. The molecule has 2 bridgehead atoms. The number of carbonyl (C=O) groups excluding carboxylic acids is 3. The van der Waals surface area contributed by atoms with E-state index in [-0.39, 0.29) is 30.6 Å². The Morgan fingerprint density at radius 3 is 2.49 bits per heavy atom. The number of halogens is 3. The van der Waals surface area contributed by atoms with Gasteiger partial charge in [0.1, 0.15) is 23.0 Å². The Hall–Kier alpha value is -3.83. The van der Waals surface area contributed by atoms with Crippen LogP contribution < -0.4 is 10.7 Å². The molecule has 196 valence electrons. The van der Waals surface area contributed by atoms with Crippen LogP contribution in [0.3, 0.4) is 0 Å². The molecule has 4 heterocycles. The third-order valence-electron chi connectivity index (χ3n) is 7.94. The van der Waals surface area contributed by atoms with Gasteiger partial charge in [-0.3, -0.25) is 19.2 Å². The first-order valence-electron chi connectivity index (χ1n) is 11.9. The van der Waals surface area contributed by atoms with Gasteiger partial charge in [0.05, 0.1) is 6.04 Å². The van der Waals surface area contributed by atoms with Gasteiger partial charge in [-0.1, -0.05) is 0 Å². The second-order valence-corrected chi connectivity index (χ2v) is 10.2. The van der Waals surface area contributed by atoms with Gasteiger partial charge in [0.15, 0.2) is 11.4 Å². The Bertz CT molecular complexity index is 1390. The lowest BCUT2D eigenvalue weighted by molar-refractivity contribution is -0.126. The predicted molar refractivity (Wildman–Crippen MR) is 123 cm³/mol. The summed E-state index contributed by atoms with van der Waals surface area (Å²) in [6.45, 7) is 1.82. The Morgan fingerprint density at radius 2 is 1.86 bits per heavy atom. The van der Waals surface area contributed by atoms with Gasteiger partial charge in [-0.2, -0.15) is 0 Å². The summed E-state index contributed by atoms with van der Waals surface area (Å²) in [5.74, 6) is -6.11. The maximum atomic E-state index is 14.0. The molecular formula is C25H25F3N4O5. The molecule has 3 aliphatic heterocycles. The molecule has 5 rings (SSSR count). The van der Waals surface area contributed by atoms with Gasteiger partial charge in [0.25, 0.3) is 11.8 Å². The number of nitrogens with zero attached hydrogens (tertiary/aromatic N) is 3. The highest BCUT2D eigenvalue weighted by Gasteiger charge is 2.54. The van der Waals surface area contributed by atoms with Gasteiger partial charge in [-0.15, -0.1) is 0 Å². The summed E-state index contributed by atoms with van der Waals surface area (Å²) in [7, 11) is 1.69. The van der Waals surface area contributed by atoms with Crippen LogP contribution in [0.15, 0.2) is 23.1 Å². The first kappa shape index (κ1) is 24.8. The largest absolute Gasteiger partial charge is 0.503 e. The monoisotopic (exact) mass is 518 g/mol. The molecule has 0 saturated carbocycles. The molecular weight excluding hydrogens is 493 g/mol. The molecule has 37 heavy (non-hydrogen) atoms. The van der Waals surface area contributed by atoms with Crippen molar-refractivity contribution in [3.8, 4) is 5.75 Å². The van der Waals surface area contributed by atoms with Crippen LogP contribution in [0.2, 0.25) is 0 Å². The number of amides is 3. The Labute approximate surface area is 209 Å². The van der Waals surface area contributed by atoms with Gasteiger partial charge in [0, 0.05) is 68.5 Å². The molecule has 0 aliphatic carbocycles. The maximum absolute atomic E-state index is 14.0. The van der Waals surface area contributed by atoms with E-state index in [0.717, 1.165) is 0 Å². The minimum atomic E-state index is -1.21. The molecule has 2 aromatic rings. The Morgan fingerprint density at radius 1 is 1.19 bits per heavy atom. The first-order valence-corrected chi connectivity index (χ1v) is 11.9. The molecule has 0 unspecified atom stereocenters. The van der Waals surface area contributed by atoms with Gasteiger partial charge >= 0.3 is 0 Å². The van der Waals surface area contributed by atoms with Gasteiger partial charge in [-0.25, -0.2) is 13.2 Å². The number of nitrogens with one attached hydrogen (secondary N) is 1. The fourth-order valence-corrected chi connectivity index (χ4v) is 5.87. The van der Waals surface area contributed by atoms with Crippen molar-refractivity contribution in [1.82, 2.24) is 19.7 Å². The van der Waals surface area contributed by atoms with Crippen molar-refractivity contribution in [2.75, 3.05) is 20.1 Å². The van der Waals surface area contributed by atoms with Crippen LogP contribution in [0.25, 0.3) is 0 Å². The molecule has 3 amide bonds. The minimum Gasteiger partial charge on any atom is -0.503 e. The van der Waals surface area contributed by atoms with Gasteiger partial charge in [0.2, 0.25) is 11.3 Å². The van der Waals surface area contributed by atoms with Crippen LogP contribution in [0.1, 0.15) is 58.6 Å². The Balaban J connectivity index is 1.56. The Kier molecular flexibility index (Phi) is 5.80. The molecule has 2 N–H and O–H groups in total. The predicted octanol–water partition coefficient (Wildman–Crippen LogP) is 1.93. The van der Waals surface area contributed by atoms with E-state index in [0.29, 0.717) is 31.5 Å². The first-order chi connectivity index (χ1) is 17.4. The molecule has 1 aromatic heterocycles. The molecule has 3 aliphatic rings. The molecule has 12 heteroatoms. The van der Waals surface area contributed by atoms with Crippen molar-refractivity contribution in [1.29, 1.82) is 0 Å².